The molecule has 1 heterocycles. The highest BCUT2D eigenvalue weighted by Gasteiger charge is 2.19. The fraction of sp³-hybridized carbons (Fsp3) is 0.200. The highest BCUT2D eigenvalue weighted by molar-refractivity contribution is 7.20. The number of carbonyl (C=O) groups excluding carboxylic acids is 1. The first-order chi connectivity index (χ1) is 13.0. The van der Waals surface area contributed by atoms with Gasteiger partial charge in [-0.1, -0.05) is 36.4 Å². The van der Waals surface area contributed by atoms with Crippen molar-refractivity contribution in [1.82, 2.24) is 4.90 Å². The summed E-state index contributed by atoms with van der Waals surface area (Å²) in [6.45, 7) is 0.0844. The number of nitrogens with one attached hydrogen (secondary N) is 1. The summed E-state index contributed by atoms with van der Waals surface area (Å²) in [5.74, 6) is 0.688. The molecule has 1 amide bonds. The minimum atomic E-state index is -0.457. The summed E-state index contributed by atoms with van der Waals surface area (Å²) in [5.41, 5.74) is 6.53. The third kappa shape index (κ3) is 4.38. The summed E-state index contributed by atoms with van der Waals surface area (Å²) >= 11 is 1.44. The Morgan fingerprint density at radius 1 is 1.19 bits per heavy atom. The predicted molar refractivity (Wildman–Crippen MR) is 108 cm³/mol. The maximum Gasteiger partial charge on any atom is 0.409 e. The first kappa shape index (κ1) is 18.7. The SMILES string of the molecule is CN(C)C(=O)OCC(Oc1cccc2sc(C(=N)N)cc12)c1ccccc1. The van der Waals surface area contributed by atoms with Crippen LogP contribution in [-0.4, -0.2) is 37.5 Å². The van der Waals surface area contributed by atoms with E-state index in [4.69, 9.17) is 20.6 Å². The number of hydrogen-bond acceptors (Lipinski definition) is 5. The van der Waals surface area contributed by atoms with Crippen LogP contribution in [-0.2, 0) is 4.74 Å². The molecule has 0 aliphatic rings. The van der Waals surface area contributed by atoms with Gasteiger partial charge in [0.15, 0.2) is 6.10 Å². The van der Waals surface area contributed by atoms with Gasteiger partial charge in [-0.3, -0.25) is 5.41 Å². The molecule has 0 aliphatic carbocycles. The second-order valence-electron chi connectivity index (χ2n) is 6.18. The minimum Gasteiger partial charge on any atom is -0.481 e. The minimum absolute atomic E-state index is 0.0293. The molecule has 0 fully saturated rings. The van der Waals surface area contributed by atoms with Crippen LogP contribution < -0.4 is 10.5 Å². The van der Waals surface area contributed by atoms with Crippen molar-refractivity contribution in [2.45, 2.75) is 6.10 Å². The van der Waals surface area contributed by atoms with Gasteiger partial charge in [-0.2, -0.15) is 0 Å². The molecule has 3 aromatic rings. The number of thiophene rings is 1. The van der Waals surface area contributed by atoms with E-state index in [1.165, 1.54) is 16.2 Å². The van der Waals surface area contributed by atoms with Crippen molar-refractivity contribution in [3.05, 3.63) is 65.0 Å². The van der Waals surface area contributed by atoms with Crippen LogP contribution in [0, 0.1) is 5.41 Å². The van der Waals surface area contributed by atoms with Crippen LogP contribution in [0.25, 0.3) is 10.1 Å². The van der Waals surface area contributed by atoms with Gasteiger partial charge in [0.05, 0.1) is 4.88 Å². The van der Waals surface area contributed by atoms with E-state index in [9.17, 15) is 4.79 Å². The van der Waals surface area contributed by atoms with Gasteiger partial charge in [-0.25, -0.2) is 4.79 Å². The fourth-order valence-corrected chi connectivity index (χ4v) is 3.50. The van der Waals surface area contributed by atoms with Gasteiger partial charge in [-0.05, 0) is 23.8 Å². The van der Waals surface area contributed by atoms with Gasteiger partial charge in [-0.15, -0.1) is 11.3 Å². The number of nitrogens with zero attached hydrogens (tertiary/aromatic N) is 1. The molecule has 3 rings (SSSR count). The van der Waals surface area contributed by atoms with Gasteiger partial charge in [0.25, 0.3) is 0 Å². The molecule has 1 aromatic heterocycles. The quantitative estimate of drug-likeness (QED) is 0.497. The largest absolute Gasteiger partial charge is 0.481 e. The van der Waals surface area contributed by atoms with Crippen molar-refractivity contribution in [2.75, 3.05) is 20.7 Å². The smallest absolute Gasteiger partial charge is 0.409 e. The van der Waals surface area contributed by atoms with E-state index in [1.807, 2.05) is 54.6 Å². The van der Waals surface area contributed by atoms with Crippen molar-refractivity contribution < 1.29 is 14.3 Å². The molecule has 0 bridgehead atoms. The van der Waals surface area contributed by atoms with E-state index in [1.54, 1.807) is 14.1 Å². The molecule has 1 atom stereocenters. The van der Waals surface area contributed by atoms with E-state index < -0.39 is 12.2 Å². The van der Waals surface area contributed by atoms with Crippen LogP contribution >= 0.6 is 11.3 Å². The van der Waals surface area contributed by atoms with Crippen molar-refractivity contribution >= 4 is 33.4 Å². The summed E-state index contributed by atoms with van der Waals surface area (Å²) < 4.78 is 12.6. The molecule has 0 radical (unpaired) electrons. The molecule has 0 spiro atoms. The van der Waals surface area contributed by atoms with E-state index in [2.05, 4.69) is 0 Å². The number of ether oxygens (including phenoxy) is 2. The van der Waals surface area contributed by atoms with Crippen LogP contribution in [0.2, 0.25) is 0 Å². The summed E-state index contributed by atoms with van der Waals surface area (Å²) in [4.78, 5) is 13.9. The van der Waals surface area contributed by atoms with Crippen LogP contribution in [0.15, 0.2) is 54.6 Å². The molecule has 140 valence electrons. The van der Waals surface area contributed by atoms with Crippen LogP contribution in [0.3, 0.4) is 0 Å². The number of nitrogens with two attached hydrogens (primary N) is 1. The Kier molecular flexibility index (Phi) is 5.61. The Morgan fingerprint density at radius 3 is 2.59 bits per heavy atom. The Morgan fingerprint density at radius 2 is 1.93 bits per heavy atom. The van der Waals surface area contributed by atoms with E-state index in [0.717, 1.165) is 15.6 Å². The molecule has 0 aliphatic heterocycles. The van der Waals surface area contributed by atoms with Gasteiger partial charge in [0.1, 0.15) is 18.2 Å². The lowest BCUT2D eigenvalue weighted by molar-refractivity contribution is 0.0670. The molecule has 1 unspecified atom stereocenters. The number of amidine groups is 1. The van der Waals surface area contributed by atoms with Crippen LogP contribution in [0.1, 0.15) is 16.5 Å². The number of nitrogen functional groups attached to an aromatic ring is 1. The topological polar surface area (TPSA) is 88.6 Å². The van der Waals surface area contributed by atoms with Crippen molar-refractivity contribution in [1.29, 1.82) is 5.41 Å². The number of carbonyl (C=O) groups is 1. The Hall–Kier alpha value is -3.06. The second-order valence-corrected chi connectivity index (χ2v) is 7.26. The zero-order valence-corrected chi connectivity index (χ0v) is 16.0. The van der Waals surface area contributed by atoms with Crippen LogP contribution in [0.5, 0.6) is 5.75 Å². The summed E-state index contributed by atoms with van der Waals surface area (Å²) in [6, 6.07) is 17.2. The maximum atomic E-state index is 11.8. The number of benzene rings is 2. The summed E-state index contributed by atoms with van der Waals surface area (Å²) in [6.07, 6.45) is -0.881. The highest BCUT2D eigenvalue weighted by atomic mass is 32.1. The Balaban J connectivity index is 1.90. The molecule has 7 heteroatoms. The predicted octanol–water partition coefficient (Wildman–Crippen LogP) is 4.00. The zero-order valence-electron chi connectivity index (χ0n) is 15.1. The first-order valence-corrected chi connectivity index (χ1v) is 9.20. The number of fused-ring (bicyclic) bond motifs is 1. The molecule has 0 saturated carbocycles. The fourth-order valence-electron chi connectivity index (χ4n) is 2.56. The van der Waals surface area contributed by atoms with E-state index >= 15 is 0 Å². The number of amides is 1. The van der Waals surface area contributed by atoms with Crippen molar-refractivity contribution in [3.8, 4) is 5.75 Å². The van der Waals surface area contributed by atoms with Gasteiger partial charge >= 0.3 is 6.09 Å². The van der Waals surface area contributed by atoms with E-state index in [0.29, 0.717) is 10.6 Å². The van der Waals surface area contributed by atoms with Crippen molar-refractivity contribution in [2.24, 2.45) is 5.73 Å². The average Bonchev–Trinajstić information content (AvgIpc) is 3.11. The molecule has 6 nitrogen and oxygen atoms in total. The third-order valence-corrected chi connectivity index (χ3v) is 5.08. The Bertz CT molecular complexity index is 954. The van der Waals surface area contributed by atoms with Gasteiger partial charge < -0.3 is 20.1 Å². The van der Waals surface area contributed by atoms with E-state index in [-0.39, 0.29) is 12.4 Å². The average molecular weight is 383 g/mol. The molecule has 0 saturated heterocycles. The normalized spacial score (nSPS) is 11.8. The number of hydrogen-bond donors (Lipinski definition) is 2. The Labute approximate surface area is 161 Å². The summed E-state index contributed by atoms with van der Waals surface area (Å²) in [7, 11) is 3.27. The zero-order chi connectivity index (χ0) is 19.4. The van der Waals surface area contributed by atoms with Gasteiger partial charge in [0.2, 0.25) is 0 Å². The number of rotatable bonds is 6. The maximum absolute atomic E-state index is 11.8. The monoisotopic (exact) mass is 383 g/mol. The lowest BCUT2D eigenvalue weighted by atomic mass is 10.1. The molecule has 2 aromatic carbocycles. The molecular weight excluding hydrogens is 362 g/mol. The molecule has 27 heavy (non-hydrogen) atoms. The molecular formula is C20H21N3O3S. The lowest BCUT2D eigenvalue weighted by Gasteiger charge is -2.21. The third-order valence-electron chi connectivity index (χ3n) is 3.95. The standard InChI is InChI=1S/C20H21N3O3S/c1-23(2)20(24)25-12-16(13-7-4-3-5-8-13)26-15-9-6-10-17-14(15)11-18(27-17)19(21)22/h3-11,16H,12H2,1-2H3,(H3,21,22). The van der Waals surface area contributed by atoms with Gasteiger partial charge in [0, 0.05) is 24.2 Å². The highest BCUT2D eigenvalue weighted by Crippen LogP contribution is 2.35. The van der Waals surface area contributed by atoms with Crippen LogP contribution in [0.4, 0.5) is 4.79 Å². The van der Waals surface area contributed by atoms with Crippen molar-refractivity contribution in [3.63, 3.8) is 0 Å². The second kappa shape index (κ2) is 8.09. The molecule has 3 N–H and O–H groups in total. The summed E-state index contributed by atoms with van der Waals surface area (Å²) in [5, 5.41) is 8.53. The first-order valence-electron chi connectivity index (χ1n) is 8.38. The lowest BCUT2D eigenvalue weighted by Crippen LogP contribution is -2.26.